The van der Waals surface area contributed by atoms with E-state index in [0.717, 1.165) is 23.5 Å². The summed E-state index contributed by atoms with van der Waals surface area (Å²) in [5, 5.41) is 9.04. The standard InChI is InChI=1S/C20H23Cl2N3O4S2/c21-18-6-1-14(9-19(18)22)11-25-7-8-29-15(12-25)10-24-20(26)13-30-16-2-4-17(5-3-16)31(23,27)28/h1-6,9,15H,7-8,10-13H2,(H,24,26)(H2,23,27,28). The molecule has 1 saturated heterocycles. The summed E-state index contributed by atoms with van der Waals surface area (Å²) in [5.74, 6) is 0.0970. The average molecular weight is 504 g/mol. The Morgan fingerprint density at radius 3 is 2.61 bits per heavy atom. The van der Waals surface area contributed by atoms with Gasteiger partial charge in [0, 0.05) is 31.1 Å². The van der Waals surface area contributed by atoms with Crippen molar-refractivity contribution in [2.24, 2.45) is 5.14 Å². The lowest BCUT2D eigenvalue weighted by Crippen LogP contribution is -2.47. The first-order valence-corrected chi connectivity index (χ1v) is 12.8. The summed E-state index contributed by atoms with van der Waals surface area (Å²) in [6.45, 7) is 3.24. The van der Waals surface area contributed by atoms with Crippen molar-refractivity contribution in [3.63, 3.8) is 0 Å². The molecule has 0 aromatic heterocycles. The van der Waals surface area contributed by atoms with Gasteiger partial charge in [0.15, 0.2) is 0 Å². The number of nitrogens with one attached hydrogen (secondary N) is 1. The molecule has 0 spiro atoms. The van der Waals surface area contributed by atoms with E-state index in [1.807, 2.05) is 12.1 Å². The van der Waals surface area contributed by atoms with Crippen LogP contribution in [0.25, 0.3) is 0 Å². The largest absolute Gasteiger partial charge is 0.374 e. The van der Waals surface area contributed by atoms with Crippen LogP contribution in [-0.4, -0.2) is 57.3 Å². The number of nitrogens with two attached hydrogens (primary N) is 1. The van der Waals surface area contributed by atoms with Crippen molar-refractivity contribution >= 4 is 50.9 Å². The van der Waals surface area contributed by atoms with Crippen molar-refractivity contribution < 1.29 is 17.9 Å². The molecule has 0 bridgehead atoms. The summed E-state index contributed by atoms with van der Waals surface area (Å²) in [5.41, 5.74) is 1.07. The maximum absolute atomic E-state index is 12.2. The molecule has 0 radical (unpaired) electrons. The summed E-state index contributed by atoms with van der Waals surface area (Å²) >= 11 is 13.4. The molecule has 11 heteroatoms. The lowest BCUT2D eigenvalue weighted by molar-refractivity contribution is -0.119. The van der Waals surface area contributed by atoms with Gasteiger partial charge >= 0.3 is 0 Å². The zero-order chi connectivity index (χ0) is 22.4. The van der Waals surface area contributed by atoms with Crippen LogP contribution in [0.15, 0.2) is 52.3 Å². The first kappa shape index (κ1) is 24.3. The van der Waals surface area contributed by atoms with Crippen molar-refractivity contribution in [3.8, 4) is 0 Å². The monoisotopic (exact) mass is 503 g/mol. The van der Waals surface area contributed by atoms with Crippen LogP contribution >= 0.6 is 35.0 Å². The first-order valence-electron chi connectivity index (χ1n) is 9.51. The highest BCUT2D eigenvalue weighted by molar-refractivity contribution is 8.00. The minimum Gasteiger partial charge on any atom is -0.374 e. The zero-order valence-corrected chi connectivity index (χ0v) is 19.7. The minimum atomic E-state index is -3.72. The summed E-state index contributed by atoms with van der Waals surface area (Å²) in [4.78, 5) is 15.3. The molecule has 2 aromatic rings. The number of benzene rings is 2. The molecule has 1 heterocycles. The fourth-order valence-corrected chi connectivity index (χ4v) is 4.66. The molecular weight excluding hydrogens is 481 g/mol. The number of carbonyl (C=O) groups excluding carboxylic acids is 1. The number of carbonyl (C=O) groups is 1. The van der Waals surface area contributed by atoms with Gasteiger partial charge in [0.1, 0.15) is 0 Å². The number of sulfonamides is 1. The lowest BCUT2D eigenvalue weighted by Gasteiger charge is -2.33. The van der Waals surface area contributed by atoms with E-state index in [9.17, 15) is 13.2 Å². The van der Waals surface area contributed by atoms with Crippen molar-refractivity contribution in [1.82, 2.24) is 10.2 Å². The van der Waals surface area contributed by atoms with Crippen LogP contribution in [0.3, 0.4) is 0 Å². The van der Waals surface area contributed by atoms with Gasteiger partial charge < -0.3 is 10.1 Å². The summed E-state index contributed by atoms with van der Waals surface area (Å²) in [6, 6.07) is 11.7. The molecule has 31 heavy (non-hydrogen) atoms. The molecule has 1 fully saturated rings. The highest BCUT2D eigenvalue weighted by Gasteiger charge is 2.21. The van der Waals surface area contributed by atoms with Gasteiger partial charge in [0.2, 0.25) is 15.9 Å². The van der Waals surface area contributed by atoms with E-state index in [4.69, 9.17) is 33.1 Å². The highest BCUT2D eigenvalue weighted by Crippen LogP contribution is 2.24. The smallest absolute Gasteiger partial charge is 0.238 e. The molecule has 7 nitrogen and oxygen atoms in total. The second-order valence-electron chi connectivity index (χ2n) is 7.09. The number of ether oxygens (including phenoxy) is 1. The minimum absolute atomic E-state index is 0.0428. The Hall–Kier alpha value is -1.33. The van der Waals surface area contributed by atoms with Crippen LogP contribution in [0.5, 0.6) is 0 Å². The number of halogens is 2. The number of primary sulfonamides is 1. The van der Waals surface area contributed by atoms with Gasteiger partial charge in [0.05, 0.1) is 33.4 Å². The molecule has 168 valence electrons. The quantitative estimate of drug-likeness (QED) is 0.537. The van der Waals surface area contributed by atoms with Crippen LogP contribution in [0.2, 0.25) is 10.0 Å². The van der Waals surface area contributed by atoms with Crippen molar-refractivity contribution in [2.75, 3.05) is 32.0 Å². The van der Waals surface area contributed by atoms with E-state index in [1.165, 1.54) is 23.9 Å². The number of morpholine rings is 1. The van der Waals surface area contributed by atoms with Gasteiger partial charge in [-0.3, -0.25) is 9.69 Å². The Kier molecular flexibility index (Phi) is 8.63. The Balaban J connectivity index is 1.41. The number of amides is 1. The fourth-order valence-electron chi connectivity index (χ4n) is 3.10. The predicted molar refractivity (Wildman–Crippen MR) is 123 cm³/mol. The van der Waals surface area contributed by atoms with Crippen LogP contribution in [0.1, 0.15) is 5.56 Å². The second-order valence-corrected chi connectivity index (χ2v) is 10.5. The summed E-state index contributed by atoms with van der Waals surface area (Å²) in [7, 11) is -3.72. The molecule has 1 atom stereocenters. The number of rotatable bonds is 8. The van der Waals surface area contributed by atoms with Crippen LogP contribution in [-0.2, 0) is 26.1 Å². The molecule has 3 N–H and O–H groups in total. The lowest BCUT2D eigenvalue weighted by atomic mass is 10.2. The maximum atomic E-state index is 12.2. The third-order valence-electron chi connectivity index (χ3n) is 4.66. The van der Waals surface area contributed by atoms with Gasteiger partial charge in [-0.05, 0) is 42.0 Å². The predicted octanol–water partition coefficient (Wildman–Crippen LogP) is 2.75. The van der Waals surface area contributed by atoms with Crippen molar-refractivity contribution in [2.45, 2.75) is 22.4 Å². The molecule has 0 saturated carbocycles. The summed E-state index contributed by atoms with van der Waals surface area (Å²) < 4.78 is 28.3. The number of nitrogens with zero attached hydrogens (tertiary/aromatic N) is 1. The Labute approximate surface area is 196 Å². The normalized spacial score (nSPS) is 17.5. The van der Waals surface area contributed by atoms with Gasteiger partial charge in [-0.15, -0.1) is 11.8 Å². The number of hydrogen-bond donors (Lipinski definition) is 2. The van der Waals surface area contributed by atoms with E-state index in [0.29, 0.717) is 29.7 Å². The number of thioether (sulfide) groups is 1. The maximum Gasteiger partial charge on any atom is 0.238 e. The third-order valence-corrected chi connectivity index (χ3v) is 7.34. The SMILES string of the molecule is NS(=O)(=O)c1ccc(SCC(=O)NCC2CN(Cc3ccc(Cl)c(Cl)c3)CCO2)cc1. The van der Waals surface area contributed by atoms with Gasteiger partial charge in [0.25, 0.3) is 0 Å². The molecule has 1 aliphatic heterocycles. The topological polar surface area (TPSA) is 102 Å². The van der Waals surface area contributed by atoms with Gasteiger partial charge in [-0.1, -0.05) is 29.3 Å². The molecule has 1 aliphatic rings. The van der Waals surface area contributed by atoms with E-state index in [1.54, 1.807) is 18.2 Å². The van der Waals surface area contributed by atoms with Crippen molar-refractivity contribution in [1.29, 1.82) is 0 Å². The Bertz CT molecular complexity index is 1020. The van der Waals surface area contributed by atoms with Gasteiger partial charge in [-0.2, -0.15) is 0 Å². The average Bonchev–Trinajstić information content (AvgIpc) is 2.73. The first-order chi connectivity index (χ1) is 14.7. The van der Waals surface area contributed by atoms with Crippen LogP contribution in [0, 0.1) is 0 Å². The molecule has 1 unspecified atom stereocenters. The molecular formula is C20H23Cl2N3O4S2. The van der Waals surface area contributed by atoms with Crippen LogP contribution < -0.4 is 10.5 Å². The third kappa shape index (κ3) is 7.64. The molecule has 1 amide bonds. The van der Waals surface area contributed by atoms with Gasteiger partial charge in [-0.25, -0.2) is 13.6 Å². The van der Waals surface area contributed by atoms with E-state index in [2.05, 4.69) is 10.2 Å². The summed E-state index contributed by atoms with van der Waals surface area (Å²) in [6.07, 6.45) is -0.0977. The van der Waals surface area contributed by atoms with E-state index in [-0.39, 0.29) is 22.7 Å². The van der Waals surface area contributed by atoms with E-state index >= 15 is 0 Å². The fraction of sp³-hybridized carbons (Fsp3) is 0.350. The molecule has 0 aliphatic carbocycles. The number of hydrogen-bond acceptors (Lipinski definition) is 6. The molecule has 2 aromatic carbocycles. The van der Waals surface area contributed by atoms with Crippen molar-refractivity contribution in [3.05, 3.63) is 58.1 Å². The Morgan fingerprint density at radius 2 is 1.94 bits per heavy atom. The Morgan fingerprint density at radius 1 is 1.19 bits per heavy atom. The molecule has 3 rings (SSSR count). The zero-order valence-electron chi connectivity index (χ0n) is 16.6. The van der Waals surface area contributed by atoms with E-state index < -0.39 is 10.0 Å². The highest BCUT2D eigenvalue weighted by atomic mass is 35.5. The van der Waals surface area contributed by atoms with Crippen LogP contribution in [0.4, 0.5) is 0 Å². The second kappa shape index (κ2) is 11.0.